The smallest absolute Gasteiger partial charge is 0.0492 e. The van der Waals surface area contributed by atoms with Gasteiger partial charge in [-0.15, -0.1) is 0 Å². The first-order valence-electron chi connectivity index (χ1n) is 8.65. The number of rotatable bonds is 2. The standard InChI is InChI=1S/C19H23N3/c1-2-5-16(6-3-1)19(8-4-9-19)21-13-10-18(15-21)11-14-22-17(18)7-12-20-22/h1-3,5-7,12H,4,8-11,13-15H2. The second-order valence-electron chi connectivity index (χ2n) is 7.39. The van der Waals surface area contributed by atoms with Gasteiger partial charge in [-0.25, -0.2) is 0 Å². The van der Waals surface area contributed by atoms with Crippen LogP contribution in [0.15, 0.2) is 42.6 Å². The molecule has 1 aromatic carbocycles. The highest BCUT2D eigenvalue weighted by molar-refractivity contribution is 5.30. The molecule has 1 aliphatic carbocycles. The van der Waals surface area contributed by atoms with Crippen molar-refractivity contribution in [3.63, 3.8) is 0 Å². The van der Waals surface area contributed by atoms with Crippen LogP contribution in [0, 0.1) is 0 Å². The molecule has 1 saturated carbocycles. The summed E-state index contributed by atoms with van der Waals surface area (Å²) >= 11 is 0. The van der Waals surface area contributed by atoms with Crippen molar-refractivity contribution in [1.29, 1.82) is 0 Å². The van der Waals surface area contributed by atoms with Gasteiger partial charge in [0.15, 0.2) is 0 Å². The van der Waals surface area contributed by atoms with Crippen molar-refractivity contribution in [2.45, 2.75) is 49.6 Å². The van der Waals surface area contributed by atoms with Crippen molar-refractivity contribution >= 4 is 0 Å². The van der Waals surface area contributed by atoms with Crippen molar-refractivity contribution in [1.82, 2.24) is 14.7 Å². The summed E-state index contributed by atoms with van der Waals surface area (Å²) in [6.07, 6.45) is 8.58. The second-order valence-corrected chi connectivity index (χ2v) is 7.39. The molecule has 0 N–H and O–H groups in total. The number of aryl methyl sites for hydroxylation is 1. The molecule has 2 aromatic rings. The Morgan fingerprint density at radius 2 is 1.73 bits per heavy atom. The van der Waals surface area contributed by atoms with Gasteiger partial charge in [0, 0.05) is 42.5 Å². The predicted octanol–water partition coefficient (Wildman–Crippen LogP) is 3.31. The van der Waals surface area contributed by atoms with Crippen molar-refractivity contribution in [3.05, 3.63) is 53.9 Å². The van der Waals surface area contributed by atoms with Crippen LogP contribution < -0.4 is 0 Å². The summed E-state index contributed by atoms with van der Waals surface area (Å²) in [5.41, 5.74) is 3.70. The highest BCUT2D eigenvalue weighted by atomic mass is 15.3. The number of hydrogen-bond donors (Lipinski definition) is 0. The fourth-order valence-corrected chi connectivity index (χ4v) is 5.11. The van der Waals surface area contributed by atoms with Gasteiger partial charge in [-0.05, 0) is 43.7 Å². The van der Waals surface area contributed by atoms with E-state index in [0.717, 1.165) is 6.54 Å². The zero-order chi connectivity index (χ0) is 14.6. The van der Waals surface area contributed by atoms with E-state index in [1.165, 1.54) is 56.5 Å². The quantitative estimate of drug-likeness (QED) is 0.847. The maximum atomic E-state index is 4.49. The topological polar surface area (TPSA) is 21.1 Å². The molecule has 3 heteroatoms. The predicted molar refractivity (Wildman–Crippen MR) is 86.7 cm³/mol. The monoisotopic (exact) mass is 293 g/mol. The summed E-state index contributed by atoms with van der Waals surface area (Å²) in [4.78, 5) is 2.80. The number of nitrogens with zero attached hydrogens (tertiary/aromatic N) is 3. The molecule has 1 spiro atoms. The summed E-state index contributed by atoms with van der Waals surface area (Å²) in [5.74, 6) is 0. The van der Waals surface area contributed by atoms with Crippen LogP contribution in [0.3, 0.4) is 0 Å². The second kappa shape index (κ2) is 4.45. The third kappa shape index (κ3) is 1.58. The Morgan fingerprint density at radius 3 is 2.50 bits per heavy atom. The van der Waals surface area contributed by atoms with Gasteiger partial charge in [0.05, 0.1) is 0 Å². The van der Waals surface area contributed by atoms with E-state index in [9.17, 15) is 0 Å². The van der Waals surface area contributed by atoms with Crippen molar-refractivity contribution in [2.75, 3.05) is 13.1 Å². The molecule has 114 valence electrons. The van der Waals surface area contributed by atoms with E-state index in [1.807, 2.05) is 6.20 Å². The number of fused-ring (bicyclic) bond motifs is 2. The van der Waals surface area contributed by atoms with E-state index < -0.39 is 0 Å². The molecule has 0 amide bonds. The first-order chi connectivity index (χ1) is 10.8. The maximum Gasteiger partial charge on any atom is 0.0492 e. The molecular formula is C19H23N3. The van der Waals surface area contributed by atoms with E-state index in [-0.39, 0.29) is 0 Å². The van der Waals surface area contributed by atoms with Gasteiger partial charge in [0.25, 0.3) is 0 Å². The Hall–Kier alpha value is -1.61. The van der Waals surface area contributed by atoms with Crippen LogP contribution in [-0.4, -0.2) is 27.8 Å². The number of aromatic nitrogens is 2. The molecule has 2 fully saturated rings. The van der Waals surface area contributed by atoms with Crippen LogP contribution in [0.2, 0.25) is 0 Å². The molecule has 1 atom stereocenters. The van der Waals surface area contributed by atoms with Crippen LogP contribution >= 0.6 is 0 Å². The van der Waals surface area contributed by atoms with E-state index in [2.05, 4.69) is 51.1 Å². The normalized spacial score (nSPS) is 29.6. The first-order valence-corrected chi connectivity index (χ1v) is 8.65. The van der Waals surface area contributed by atoms with Gasteiger partial charge in [0.2, 0.25) is 0 Å². The highest BCUT2D eigenvalue weighted by Crippen LogP contribution is 2.52. The number of hydrogen-bond acceptors (Lipinski definition) is 2. The van der Waals surface area contributed by atoms with Gasteiger partial charge in [-0.1, -0.05) is 30.3 Å². The summed E-state index contributed by atoms with van der Waals surface area (Å²) in [7, 11) is 0. The van der Waals surface area contributed by atoms with E-state index in [0.29, 0.717) is 11.0 Å². The van der Waals surface area contributed by atoms with Crippen molar-refractivity contribution in [3.8, 4) is 0 Å². The van der Waals surface area contributed by atoms with Crippen molar-refractivity contribution < 1.29 is 0 Å². The van der Waals surface area contributed by atoms with Crippen LogP contribution in [0.5, 0.6) is 0 Å². The van der Waals surface area contributed by atoms with Crippen molar-refractivity contribution in [2.24, 2.45) is 0 Å². The maximum absolute atomic E-state index is 4.49. The average Bonchev–Trinajstić information content (AvgIpc) is 3.19. The fraction of sp³-hybridized carbons (Fsp3) is 0.526. The molecule has 2 aliphatic heterocycles. The van der Waals surface area contributed by atoms with Gasteiger partial charge in [-0.2, -0.15) is 5.10 Å². The summed E-state index contributed by atoms with van der Waals surface area (Å²) in [5, 5.41) is 4.49. The Balaban J connectivity index is 1.48. The molecular weight excluding hydrogens is 270 g/mol. The SMILES string of the molecule is c1ccc(C2(N3CCC4(CCn5nccc54)C3)CCC2)cc1. The lowest BCUT2D eigenvalue weighted by Crippen LogP contribution is -2.51. The van der Waals surface area contributed by atoms with Gasteiger partial charge in [0.1, 0.15) is 0 Å². The summed E-state index contributed by atoms with van der Waals surface area (Å²) in [6, 6.07) is 13.5. The summed E-state index contributed by atoms with van der Waals surface area (Å²) < 4.78 is 2.24. The zero-order valence-electron chi connectivity index (χ0n) is 13.0. The van der Waals surface area contributed by atoms with E-state index >= 15 is 0 Å². The molecule has 1 unspecified atom stereocenters. The molecule has 3 aliphatic rings. The van der Waals surface area contributed by atoms with Gasteiger partial charge in [-0.3, -0.25) is 9.58 Å². The fourth-order valence-electron chi connectivity index (χ4n) is 5.11. The molecule has 1 aromatic heterocycles. The first kappa shape index (κ1) is 12.9. The van der Waals surface area contributed by atoms with Gasteiger partial charge >= 0.3 is 0 Å². The lowest BCUT2D eigenvalue weighted by molar-refractivity contribution is 0.0272. The van der Waals surface area contributed by atoms with Crippen LogP contribution in [0.4, 0.5) is 0 Å². The summed E-state index contributed by atoms with van der Waals surface area (Å²) in [6.45, 7) is 3.56. The number of benzene rings is 1. The molecule has 5 rings (SSSR count). The minimum absolute atomic E-state index is 0.318. The lowest BCUT2D eigenvalue weighted by Gasteiger charge is -2.50. The third-order valence-electron chi connectivity index (χ3n) is 6.51. The number of likely N-dealkylation sites (tertiary alicyclic amines) is 1. The van der Waals surface area contributed by atoms with Crippen LogP contribution in [0.1, 0.15) is 43.4 Å². The Kier molecular flexibility index (Phi) is 2.61. The molecule has 1 saturated heterocycles. The Bertz CT molecular complexity index is 686. The Labute approximate surface area is 131 Å². The third-order valence-corrected chi connectivity index (χ3v) is 6.51. The molecule has 3 nitrogen and oxygen atoms in total. The Morgan fingerprint density at radius 1 is 0.909 bits per heavy atom. The molecule has 3 heterocycles. The molecule has 0 bridgehead atoms. The largest absolute Gasteiger partial charge is 0.293 e. The zero-order valence-corrected chi connectivity index (χ0v) is 13.0. The lowest BCUT2D eigenvalue weighted by atomic mass is 9.70. The molecule has 22 heavy (non-hydrogen) atoms. The van der Waals surface area contributed by atoms with Gasteiger partial charge < -0.3 is 0 Å². The van der Waals surface area contributed by atoms with Crippen LogP contribution in [0.25, 0.3) is 0 Å². The van der Waals surface area contributed by atoms with E-state index in [1.54, 1.807) is 0 Å². The average molecular weight is 293 g/mol. The van der Waals surface area contributed by atoms with Crippen LogP contribution in [-0.2, 0) is 17.5 Å². The van der Waals surface area contributed by atoms with E-state index in [4.69, 9.17) is 0 Å². The molecule has 0 radical (unpaired) electrons. The minimum atomic E-state index is 0.318. The minimum Gasteiger partial charge on any atom is -0.293 e. The highest BCUT2D eigenvalue weighted by Gasteiger charge is 2.52.